The van der Waals surface area contributed by atoms with Crippen LogP contribution in [-0.4, -0.2) is 17.9 Å². The van der Waals surface area contributed by atoms with Crippen molar-refractivity contribution in [2.45, 2.75) is 33.7 Å². The van der Waals surface area contributed by atoms with Gasteiger partial charge < -0.3 is 10.1 Å². The van der Waals surface area contributed by atoms with Crippen molar-refractivity contribution in [2.24, 2.45) is 5.92 Å². The van der Waals surface area contributed by atoms with E-state index in [0.717, 1.165) is 5.56 Å². The highest BCUT2D eigenvalue weighted by Gasteiger charge is 2.25. The van der Waals surface area contributed by atoms with Gasteiger partial charge in [-0.3, -0.25) is 4.79 Å². The highest BCUT2D eigenvalue weighted by Crippen LogP contribution is 2.19. The van der Waals surface area contributed by atoms with Crippen LogP contribution in [0.5, 0.6) is 5.75 Å². The Hall–Kier alpha value is -1.91. The van der Waals surface area contributed by atoms with Crippen LogP contribution in [0.4, 0.5) is 4.39 Å². The summed E-state index contributed by atoms with van der Waals surface area (Å²) in [5, 5.41) is 2.50. The van der Waals surface area contributed by atoms with Crippen LogP contribution in [-0.2, 0) is 9.59 Å². The zero-order valence-electron chi connectivity index (χ0n) is 11.5. The van der Waals surface area contributed by atoms with Gasteiger partial charge in [0.05, 0.1) is 0 Å². The van der Waals surface area contributed by atoms with Gasteiger partial charge in [-0.05, 0) is 30.5 Å². The number of carbonyl (C=O) groups excluding carboxylic acids is 2. The molecule has 1 atom stereocenters. The molecule has 1 unspecified atom stereocenters. The maximum Gasteiger partial charge on any atom is 0.334 e. The topological polar surface area (TPSA) is 55.4 Å². The Labute approximate surface area is 112 Å². The molecule has 19 heavy (non-hydrogen) atoms. The third kappa shape index (κ3) is 4.35. The number of amides is 1. The minimum Gasteiger partial charge on any atom is -0.422 e. The van der Waals surface area contributed by atoms with Crippen molar-refractivity contribution in [2.75, 3.05) is 0 Å². The third-order valence-corrected chi connectivity index (χ3v) is 2.58. The number of benzene rings is 1. The lowest BCUT2D eigenvalue weighted by Gasteiger charge is -2.20. The third-order valence-electron chi connectivity index (χ3n) is 2.58. The minimum atomic E-state index is -0.794. The fourth-order valence-corrected chi connectivity index (χ4v) is 1.58. The van der Waals surface area contributed by atoms with E-state index in [0.29, 0.717) is 0 Å². The lowest BCUT2D eigenvalue weighted by Crippen LogP contribution is -2.45. The lowest BCUT2D eigenvalue weighted by molar-refractivity contribution is -0.140. The SMILES string of the molecule is CC(=O)NC(C(=O)Oc1cc(C)ccc1F)C(C)C. The summed E-state index contributed by atoms with van der Waals surface area (Å²) < 4.78 is 18.5. The molecule has 0 aliphatic heterocycles. The smallest absolute Gasteiger partial charge is 0.334 e. The van der Waals surface area contributed by atoms with Crippen molar-refractivity contribution in [3.05, 3.63) is 29.6 Å². The van der Waals surface area contributed by atoms with E-state index < -0.39 is 17.8 Å². The van der Waals surface area contributed by atoms with E-state index in [1.54, 1.807) is 26.8 Å². The van der Waals surface area contributed by atoms with Gasteiger partial charge in [0.15, 0.2) is 11.6 Å². The molecule has 0 heterocycles. The second kappa shape index (κ2) is 6.31. The summed E-state index contributed by atoms with van der Waals surface area (Å²) in [5.74, 6) is -1.88. The molecule has 0 saturated heterocycles. The number of hydrogen-bond donors (Lipinski definition) is 1. The molecule has 5 heteroatoms. The van der Waals surface area contributed by atoms with Crippen molar-refractivity contribution in [3.63, 3.8) is 0 Å². The number of hydrogen-bond acceptors (Lipinski definition) is 3. The number of carbonyl (C=O) groups is 2. The molecule has 1 aromatic carbocycles. The summed E-state index contributed by atoms with van der Waals surface area (Å²) in [4.78, 5) is 23.0. The Morgan fingerprint density at radius 1 is 1.32 bits per heavy atom. The number of esters is 1. The molecule has 0 radical (unpaired) electrons. The summed E-state index contributed by atoms with van der Waals surface area (Å²) in [6.45, 7) is 6.63. The Morgan fingerprint density at radius 2 is 1.95 bits per heavy atom. The first-order valence-electron chi connectivity index (χ1n) is 6.06. The molecule has 0 aliphatic rings. The first kappa shape index (κ1) is 15.1. The maximum atomic E-state index is 13.5. The molecule has 4 nitrogen and oxygen atoms in total. The summed E-state index contributed by atoms with van der Waals surface area (Å²) in [5.41, 5.74) is 0.782. The molecule has 1 aromatic rings. The van der Waals surface area contributed by atoms with E-state index in [-0.39, 0.29) is 17.6 Å². The molecular formula is C14H18FNO3. The molecule has 0 aliphatic carbocycles. The molecule has 0 bridgehead atoms. The molecule has 0 saturated carbocycles. The van der Waals surface area contributed by atoms with Gasteiger partial charge in [-0.25, -0.2) is 9.18 Å². The van der Waals surface area contributed by atoms with Gasteiger partial charge >= 0.3 is 5.97 Å². The fraction of sp³-hybridized carbons (Fsp3) is 0.429. The summed E-state index contributed by atoms with van der Waals surface area (Å²) in [7, 11) is 0. The van der Waals surface area contributed by atoms with E-state index in [1.165, 1.54) is 19.1 Å². The quantitative estimate of drug-likeness (QED) is 0.672. The maximum absolute atomic E-state index is 13.5. The standard InChI is InChI=1S/C14H18FNO3/c1-8(2)13(16-10(4)17)14(18)19-12-7-9(3)5-6-11(12)15/h5-8,13H,1-4H3,(H,16,17). The van der Waals surface area contributed by atoms with Crippen LogP contribution in [0.25, 0.3) is 0 Å². The van der Waals surface area contributed by atoms with Crippen molar-refractivity contribution in [1.29, 1.82) is 0 Å². The average Bonchev–Trinajstić information content (AvgIpc) is 2.30. The van der Waals surface area contributed by atoms with Crippen molar-refractivity contribution >= 4 is 11.9 Å². The number of ether oxygens (including phenoxy) is 1. The largest absolute Gasteiger partial charge is 0.422 e. The highest BCUT2D eigenvalue weighted by atomic mass is 19.1. The number of aryl methyl sites for hydroxylation is 1. The summed E-state index contributed by atoms with van der Waals surface area (Å²) in [6, 6.07) is 3.47. The van der Waals surface area contributed by atoms with Crippen molar-refractivity contribution in [1.82, 2.24) is 5.32 Å². The van der Waals surface area contributed by atoms with Gasteiger partial charge in [-0.2, -0.15) is 0 Å². The van der Waals surface area contributed by atoms with E-state index in [1.807, 2.05) is 0 Å². The Kier molecular flexibility index (Phi) is 5.03. The normalized spacial score (nSPS) is 12.1. The fourth-order valence-electron chi connectivity index (χ4n) is 1.58. The number of halogens is 1. The van der Waals surface area contributed by atoms with Gasteiger partial charge in [-0.15, -0.1) is 0 Å². The second-order valence-electron chi connectivity index (χ2n) is 4.78. The summed E-state index contributed by atoms with van der Waals surface area (Å²) >= 11 is 0. The van der Waals surface area contributed by atoms with Crippen LogP contribution in [0.3, 0.4) is 0 Å². The predicted octanol–water partition coefficient (Wildman–Crippen LogP) is 2.20. The van der Waals surface area contributed by atoms with Crippen LogP contribution < -0.4 is 10.1 Å². The van der Waals surface area contributed by atoms with Crippen LogP contribution in [0.1, 0.15) is 26.3 Å². The number of rotatable bonds is 4. The Morgan fingerprint density at radius 3 is 2.47 bits per heavy atom. The molecule has 1 amide bonds. The van der Waals surface area contributed by atoms with Gasteiger partial charge in [0.25, 0.3) is 0 Å². The van der Waals surface area contributed by atoms with E-state index in [2.05, 4.69) is 5.32 Å². The van der Waals surface area contributed by atoms with Gasteiger partial charge in [-0.1, -0.05) is 19.9 Å². The second-order valence-corrected chi connectivity index (χ2v) is 4.78. The van der Waals surface area contributed by atoms with Gasteiger partial charge in [0.1, 0.15) is 6.04 Å². The molecule has 0 spiro atoms. The van der Waals surface area contributed by atoms with Gasteiger partial charge in [0.2, 0.25) is 5.91 Å². The van der Waals surface area contributed by atoms with Crippen molar-refractivity contribution < 1.29 is 18.7 Å². The van der Waals surface area contributed by atoms with E-state index in [9.17, 15) is 14.0 Å². The Balaban J connectivity index is 2.87. The monoisotopic (exact) mass is 267 g/mol. The highest BCUT2D eigenvalue weighted by molar-refractivity contribution is 5.84. The minimum absolute atomic E-state index is 0.124. The molecule has 0 fully saturated rings. The van der Waals surface area contributed by atoms with Crippen LogP contribution in [0.15, 0.2) is 18.2 Å². The Bertz CT molecular complexity index is 486. The first-order valence-corrected chi connectivity index (χ1v) is 6.06. The zero-order valence-corrected chi connectivity index (χ0v) is 11.5. The van der Waals surface area contributed by atoms with Crippen molar-refractivity contribution in [3.8, 4) is 5.75 Å². The number of nitrogens with one attached hydrogen (secondary N) is 1. The molecular weight excluding hydrogens is 249 g/mol. The van der Waals surface area contributed by atoms with E-state index in [4.69, 9.17) is 4.74 Å². The summed E-state index contributed by atoms with van der Waals surface area (Å²) in [6.07, 6.45) is 0. The van der Waals surface area contributed by atoms with Crippen LogP contribution in [0, 0.1) is 18.7 Å². The molecule has 104 valence electrons. The first-order chi connectivity index (χ1) is 8.81. The predicted molar refractivity (Wildman–Crippen MR) is 69.2 cm³/mol. The molecule has 1 rings (SSSR count). The lowest BCUT2D eigenvalue weighted by atomic mass is 10.0. The average molecular weight is 267 g/mol. The molecule has 1 N–H and O–H groups in total. The van der Waals surface area contributed by atoms with E-state index >= 15 is 0 Å². The van der Waals surface area contributed by atoms with Crippen LogP contribution in [0.2, 0.25) is 0 Å². The van der Waals surface area contributed by atoms with Gasteiger partial charge in [0, 0.05) is 6.92 Å². The molecule has 0 aromatic heterocycles. The zero-order chi connectivity index (χ0) is 14.6. The van der Waals surface area contributed by atoms with Crippen LogP contribution >= 0.6 is 0 Å².